The van der Waals surface area contributed by atoms with Crippen LogP contribution in [0, 0.1) is 0 Å². The van der Waals surface area contributed by atoms with Gasteiger partial charge in [-0.3, -0.25) is 4.79 Å². The molecule has 172 valence electrons. The number of sulfonamides is 1. The van der Waals surface area contributed by atoms with Crippen molar-refractivity contribution in [1.29, 1.82) is 0 Å². The van der Waals surface area contributed by atoms with E-state index in [1.165, 1.54) is 10.4 Å². The van der Waals surface area contributed by atoms with Gasteiger partial charge in [-0.2, -0.15) is 4.31 Å². The number of hydrogen-bond acceptors (Lipinski definition) is 6. The van der Waals surface area contributed by atoms with Gasteiger partial charge in [-0.1, -0.05) is 48.9 Å². The Morgan fingerprint density at radius 1 is 1.06 bits per heavy atom. The first-order valence-electron chi connectivity index (χ1n) is 10.3. The number of benzene rings is 1. The first kappa shape index (κ1) is 24.3. The molecule has 1 heterocycles. The quantitative estimate of drug-likeness (QED) is 0.483. The fraction of sp³-hybridized carbons (Fsp3) is 0.600. The number of hydrogen-bond donors (Lipinski definition) is 1. The number of esters is 1. The summed E-state index contributed by atoms with van der Waals surface area (Å²) in [4.78, 5) is 24.5. The smallest absolute Gasteiger partial charge is 0.340 e. The van der Waals surface area contributed by atoms with Gasteiger partial charge in [-0.05, 0) is 25.0 Å². The topological polar surface area (TPSA) is 102 Å². The third-order valence-electron chi connectivity index (χ3n) is 5.38. The molecule has 0 bridgehead atoms. The number of morpholine rings is 1. The van der Waals surface area contributed by atoms with Gasteiger partial charge >= 0.3 is 5.97 Å². The van der Waals surface area contributed by atoms with E-state index in [0.29, 0.717) is 0 Å². The summed E-state index contributed by atoms with van der Waals surface area (Å²) in [7, 11) is -3.94. The maximum atomic E-state index is 12.9. The maximum absolute atomic E-state index is 12.9. The maximum Gasteiger partial charge on any atom is 0.340 e. The second kappa shape index (κ2) is 11.0. The second-order valence-electron chi connectivity index (χ2n) is 7.61. The number of carbonyl (C=O) groups excluding carboxylic acids is 2. The van der Waals surface area contributed by atoms with Crippen molar-refractivity contribution < 1.29 is 27.5 Å². The Morgan fingerprint density at radius 3 is 2.35 bits per heavy atom. The number of amides is 1. The van der Waals surface area contributed by atoms with Crippen molar-refractivity contribution in [2.45, 2.75) is 49.5 Å². The molecule has 2 aliphatic rings. The minimum atomic E-state index is -3.94. The lowest BCUT2D eigenvalue weighted by molar-refractivity contribution is -0.125. The standard InChI is InChI=1S/C20H26Cl2N2O6S/c21-16-12-17(22)18(31(27,28)24-7-9-29-10-8-24)11-15(16)20(26)30-13-19(25)23-14-5-3-1-2-4-6-14/h11-12,14H,1-10,13H2,(H,23,25). The lowest BCUT2D eigenvalue weighted by atomic mass is 10.1. The molecule has 1 saturated carbocycles. The van der Waals surface area contributed by atoms with Crippen LogP contribution in [-0.2, 0) is 24.3 Å². The fourth-order valence-corrected chi connectivity index (χ4v) is 5.94. The van der Waals surface area contributed by atoms with Crippen LogP contribution in [0.1, 0.15) is 48.9 Å². The van der Waals surface area contributed by atoms with E-state index < -0.39 is 28.5 Å². The molecule has 8 nitrogen and oxygen atoms in total. The summed E-state index contributed by atoms with van der Waals surface area (Å²) in [6, 6.07) is 2.37. The Labute approximate surface area is 192 Å². The third kappa shape index (κ3) is 6.32. The minimum absolute atomic E-state index is 0.0555. The van der Waals surface area contributed by atoms with Crippen LogP contribution in [0.4, 0.5) is 0 Å². The Hall–Kier alpha value is -1.39. The molecule has 1 aromatic carbocycles. The van der Waals surface area contributed by atoms with E-state index in [1.54, 1.807) is 0 Å². The molecule has 0 spiro atoms. The molecular weight excluding hydrogens is 467 g/mol. The molecule has 0 aromatic heterocycles. The second-order valence-corrected chi connectivity index (χ2v) is 10.3. The molecule has 1 aliphatic heterocycles. The molecule has 31 heavy (non-hydrogen) atoms. The molecule has 1 aliphatic carbocycles. The average Bonchev–Trinajstić information content (AvgIpc) is 3.01. The monoisotopic (exact) mass is 492 g/mol. The van der Waals surface area contributed by atoms with Crippen LogP contribution < -0.4 is 5.32 Å². The predicted molar refractivity (Wildman–Crippen MR) is 116 cm³/mol. The zero-order valence-electron chi connectivity index (χ0n) is 17.1. The number of nitrogens with one attached hydrogen (secondary N) is 1. The van der Waals surface area contributed by atoms with Crippen molar-refractivity contribution in [3.05, 3.63) is 27.7 Å². The van der Waals surface area contributed by atoms with Crippen molar-refractivity contribution in [3.8, 4) is 0 Å². The molecule has 2 fully saturated rings. The summed E-state index contributed by atoms with van der Waals surface area (Å²) >= 11 is 12.2. The lowest BCUT2D eigenvalue weighted by Crippen LogP contribution is -2.40. The fourth-order valence-electron chi connectivity index (χ4n) is 3.71. The van der Waals surface area contributed by atoms with Crippen molar-refractivity contribution in [3.63, 3.8) is 0 Å². The van der Waals surface area contributed by atoms with E-state index in [1.807, 2.05) is 0 Å². The van der Waals surface area contributed by atoms with Gasteiger partial charge in [-0.15, -0.1) is 0 Å². The van der Waals surface area contributed by atoms with Crippen LogP contribution in [0.15, 0.2) is 17.0 Å². The van der Waals surface area contributed by atoms with Crippen LogP contribution >= 0.6 is 23.2 Å². The molecule has 3 rings (SSSR count). The predicted octanol–water partition coefficient (Wildman–Crippen LogP) is 3.01. The molecule has 0 atom stereocenters. The first-order valence-corrected chi connectivity index (χ1v) is 12.5. The Kier molecular flexibility index (Phi) is 8.58. The van der Waals surface area contributed by atoms with Gasteiger partial charge in [0, 0.05) is 19.1 Å². The summed E-state index contributed by atoms with van der Waals surface area (Å²) in [6.07, 6.45) is 6.26. The highest BCUT2D eigenvalue weighted by Crippen LogP contribution is 2.31. The van der Waals surface area contributed by atoms with Gasteiger partial charge in [-0.25, -0.2) is 13.2 Å². The van der Waals surface area contributed by atoms with E-state index in [-0.39, 0.29) is 52.8 Å². The van der Waals surface area contributed by atoms with E-state index in [9.17, 15) is 18.0 Å². The summed E-state index contributed by atoms with van der Waals surface area (Å²) < 4.78 is 37.4. The summed E-state index contributed by atoms with van der Waals surface area (Å²) in [5.41, 5.74) is -0.167. The first-order chi connectivity index (χ1) is 14.8. The number of carbonyl (C=O) groups is 2. The molecule has 1 amide bonds. The molecule has 1 saturated heterocycles. The minimum Gasteiger partial charge on any atom is -0.452 e. The molecular formula is C20H26Cl2N2O6S. The van der Waals surface area contributed by atoms with E-state index in [0.717, 1.165) is 44.6 Å². The molecule has 0 radical (unpaired) electrons. The van der Waals surface area contributed by atoms with Gasteiger partial charge < -0.3 is 14.8 Å². The number of rotatable bonds is 6. The largest absolute Gasteiger partial charge is 0.452 e. The highest BCUT2D eigenvalue weighted by atomic mass is 35.5. The molecule has 1 aromatic rings. The Balaban J connectivity index is 1.68. The van der Waals surface area contributed by atoms with Crippen molar-refractivity contribution >= 4 is 45.1 Å². The highest BCUT2D eigenvalue weighted by molar-refractivity contribution is 7.89. The van der Waals surface area contributed by atoms with Crippen LogP contribution in [0.2, 0.25) is 10.0 Å². The van der Waals surface area contributed by atoms with Gasteiger partial charge in [0.2, 0.25) is 10.0 Å². The summed E-state index contributed by atoms with van der Waals surface area (Å²) in [5.74, 6) is -1.29. The molecule has 1 N–H and O–H groups in total. The number of nitrogens with zero attached hydrogens (tertiary/aromatic N) is 1. The zero-order valence-corrected chi connectivity index (χ0v) is 19.4. The van der Waals surface area contributed by atoms with Crippen molar-refractivity contribution in [2.75, 3.05) is 32.9 Å². The van der Waals surface area contributed by atoms with E-state index in [4.69, 9.17) is 32.7 Å². The average molecular weight is 493 g/mol. The number of ether oxygens (including phenoxy) is 2. The SMILES string of the molecule is O=C(COC(=O)c1cc(S(=O)(=O)N2CCOCC2)c(Cl)cc1Cl)NC1CCCCCC1. The Bertz CT molecular complexity index is 910. The third-order valence-corrected chi connectivity index (χ3v) is 8.06. The highest BCUT2D eigenvalue weighted by Gasteiger charge is 2.30. The van der Waals surface area contributed by atoms with E-state index >= 15 is 0 Å². The zero-order chi connectivity index (χ0) is 22.4. The number of halogens is 2. The normalized spacial score (nSPS) is 18.9. The van der Waals surface area contributed by atoms with Gasteiger partial charge in [0.15, 0.2) is 6.61 Å². The van der Waals surface area contributed by atoms with Crippen molar-refractivity contribution in [2.24, 2.45) is 0 Å². The van der Waals surface area contributed by atoms with Gasteiger partial charge in [0.25, 0.3) is 5.91 Å². The van der Waals surface area contributed by atoms with Crippen LogP contribution in [0.3, 0.4) is 0 Å². The van der Waals surface area contributed by atoms with Gasteiger partial charge in [0.1, 0.15) is 4.90 Å². The molecule has 11 heteroatoms. The molecule has 0 unspecified atom stereocenters. The van der Waals surface area contributed by atoms with E-state index in [2.05, 4.69) is 5.32 Å². The Morgan fingerprint density at radius 2 is 1.71 bits per heavy atom. The summed E-state index contributed by atoms with van der Waals surface area (Å²) in [6.45, 7) is 0.440. The van der Waals surface area contributed by atoms with Crippen LogP contribution in [0.5, 0.6) is 0 Å². The lowest BCUT2D eigenvalue weighted by Gasteiger charge is -2.26. The van der Waals surface area contributed by atoms with Gasteiger partial charge in [0.05, 0.1) is 28.8 Å². The van der Waals surface area contributed by atoms with Crippen LogP contribution in [-0.4, -0.2) is 63.6 Å². The van der Waals surface area contributed by atoms with Crippen LogP contribution in [0.25, 0.3) is 0 Å². The van der Waals surface area contributed by atoms with Crippen molar-refractivity contribution in [1.82, 2.24) is 9.62 Å². The summed E-state index contributed by atoms with van der Waals surface area (Å²) in [5, 5.41) is 2.73.